The van der Waals surface area contributed by atoms with E-state index in [2.05, 4.69) is 53.5 Å². The molecule has 0 saturated heterocycles. The zero-order valence-electron chi connectivity index (χ0n) is 12.5. The van der Waals surface area contributed by atoms with E-state index in [1.807, 2.05) is 22.7 Å². The monoisotopic (exact) mass is 338 g/mol. The summed E-state index contributed by atoms with van der Waals surface area (Å²) in [5.41, 5.74) is 2.36. The summed E-state index contributed by atoms with van der Waals surface area (Å²) in [6.45, 7) is 2.09. The summed E-state index contributed by atoms with van der Waals surface area (Å²) < 4.78 is 1.86. The first kappa shape index (κ1) is 14.4. The molecular formula is C17H14N4S2. The summed E-state index contributed by atoms with van der Waals surface area (Å²) in [5.74, 6) is 1.63. The van der Waals surface area contributed by atoms with Gasteiger partial charge in [0.05, 0.1) is 5.75 Å². The average Bonchev–Trinajstić information content (AvgIpc) is 3.15. The fourth-order valence-corrected chi connectivity index (χ4v) is 3.99. The lowest BCUT2D eigenvalue weighted by Gasteiger charge is -1.99. The summed E-state index contributed by atoms with van der Waals surface area (Å²) in [6, 6.07) is 18.7. The van der Waals surface area contributed by atoms with E-state index in [0.717, 1.165) is 27.1 Å². The lowest BCUT2D eigenvalue weighted by Crippen LogP contribution is -1.94. The molecule has 4 rings (SSSR count). The quantitative estimate of drug-likeness (QED) is 0.516. The normalized spacial score (nSPS) is 11.2. The maximum atomic E-state index is 4.69. The van der Waals surface area contributed by atoms with Crippen LogP contribution >= 0.6 is 23.1 Å². The van der Waals surface area contributed by atoms with Crippen LogP contribution in [0.2, 0.25) is 0 Å². The molecule has 0 atom stereocenters. The van der Waals surface area contributed by atoms with Crippen molar-refractivity contribution in [1.82, 2.24) is 19.8 Å². The van der Waals surface area contributed by atoms with Gasteiger partial charge in [-0.2, -0.15) is 9.61 Å². The Balaban J connectivity index is 1.62. The Hall–Kier alpha value is -2.18. The molecule has 4 nitrogen and oxygen atoms in total. The van der Waals surface area contributed by atoms with Gasteiger partial charge in [-0.15, -0.1) is 22.0 Å². The summed E-state index contributed by atoms with van der Waals surface area (Å²) in [7, 11) is 0. The van der Waals surface area contributed by atoms with E-state index < -0.39 is 0 Å². The largest absolute Gasteiger partial charge is 0.235 e. The smallest absolute Gasteiger partial charge is 0.186 e. The van der Waals surface area contributed by atoms with Crippen LogP contribution in [0.4, 0.5) is 0 Å². The van der Waals surface area contributed by atoms with Crippen LogP contribution in [0.5, 0.6) is 0 Å². The first-order valence-corrected chi connectivity index (χ1v) is 9.06. The van der Waals surface area contributed by atoms with Gasteiger partial charge in [0.2, 0.25) is 4.96 Å². The second kappa shape index (κ2) is 6.14. The van der Waals surface area contributed by atoms with Gasteiger partial charge in [0.15, 0.2) is 5.82 Å². The first-order valence-electron chi connectivity index (χ1n) is 7.25. The van der Waals surface area contributed by atoms with Crippen LogP contribution in [0.1, 0.15) is 11.4 Å². The van der Waals surface area contributed by atoms with Gasteiger partial charge >= 0.3 is 0 Å². The van der Waals surface area contributed by atoms with Crippen LogP contribution in [0.3, 0.4) is 0 Å². The number of benzene rings is 2. The van der Waals surface area contributed by atoms with Crippen molar-refractivity contribution in [3.8, 4) is 10.6 Å². The lowest BCUT2D eigenvalue weighted by atomic mass is 10.1. The molecule has 0 aliphatic rings. The number of thioether (sulfide) groups is 1. The molecule has 0 amide bonds. The third-order valence-electron chi connectivity index (χ3n) is 3.43. The zero-order valence-corrected chi connectivity index (χ0v) is 14.1. The number of fused-ring (bicyclic) bond motifs is 1. The maximum absolute atomic E-state index is 4.69. The van der Waals surface area contributed by atoms with Crippen molar-refractivity contribution in [2.45, 2.75) is 17.6 Å². The van der Waals surface area contributed by atoms with Crippen molar-refractivity contribution in [3.05, 3.63) is 66.0 Å². The number of aryl methyl sites for hydroxylation is 1. The predicted molar refractivity (Wildman–Crippen MR) is 94.8 cm³/mol. The maximum Gasteiger partial charge on any atom is 0.235 e. The van der Waals surface area contributed by atoms with Crippen molar-refractivity contribution in [2.24, 2.45) is 0 Å². The van der Waals surface area contributed by atoms with E-state index in [9.17, 15) is 0 Å². The molecule has 0 fully saturated rings. The molecule has 0 aliphatic heterocycles. The topological polar surface area (TPSA) is 43.1 Å². The second-order valence-electron chi connectivity index (χ2n) is 5.19. The van der Waals surface area contributed by atoms with Gasteiger partial charge in [-0.1, -0.05) is 53.3 Å². The van der Waals surface area contributed by atoms with Crippen LogP contribution in [-0.2, 0) is 5.75 Å². The fraction of sp³-hybridized carbons (Fsp3) is 0.118. The Morgan fingerprint density at radius 2 is 1.91 bits per heavy atom. The van der Waals surface area contributed by atoms with Gasteiger partial charge in [-0.05, 0) is 25.1 Å². The molecule has 4 aromatic rings. The molecule has 6 heteroatoms. The van der Waals surface area contributed by atoms with Crippen molar-refractivity contribution >= 4 is 28.1 Å². The van der Waals surface area contributed by atoms with Crippen molar-refractivity contribution in [3.63, 3.8) is 0 Å². The average molecular weight is 338 g/mol. The zero-order chi connectivity index (χ0) is 15.6. The van der Waals surface area contributed by atoms with E-state index in [4.69, 9.17) is 5.10 Å². The fourth-order valence-electron chi connectivity index (χ4n) is 2.31. The van der Waals surface area contributed by atoms with E-state index in [0.29, 0.717) is 0 Å². The third kappa shape index (κ3) is 3.00. The number of nitrogens with zero attached hydrogens (tertiary/aromatic N) is 4. The van der Waals surface area contributed by atoms with E-state index in [1.54, 1.807) is 23.1 Å². The second-order valence-corrected chi connectivity index (χ2v) is 7.19. The van der Waals surface area contributed by atoms with Gasteiger partial charge < -0.3 is 0 Å². The minimum absolute atomic E-state index is 0.752. The van der Waals surface area contributed by atoms with Crippen LogP contribution in [0, 0.1) is 6.92 Å². The molecule has 0 saturated carbocycles. The molecule has 2 aromatic carbocycles. The van der Waals surface area contributed by atoms with Gasteiger partial charge in [-0.25, -0.2) is 0 Å². The van der Waals surface area contributed by atoms with E-state index in [-0.39, 0.29) is 0 Å². The van der Waals surface area contributed by atoms with E-state index in [1.165, 1.54) is 10.5 Å². The molecule has 0 bridgehead atoms. The predicted octanol–water partition coefficient (Wildman–Crippen LogP) is 4.45. The van der Waals surface area contributed by atoms with Gasteiger partial charge in [0, 0.05) is 10.5 Å². The highest BCUT2D eigenvalue weighted by molar-refractivity contribution is 7.98. The van der Waals surface area contributed by atoms with Gasteiger partial charge in [0.25, 0.3) is 0 Å². The molecule has 23 heavy (non-hydrogen) atoms. The number of hydrogen-bond acceptors (Lipinski definition) is 5. The first-order chi connectivity index (χ1) is 11.3. The Kier molecular flexibility index (Phi) is 3.85. The Bertz CT molecular complexity index is 944. The van der Waals surface area contributed by atoms with Crippen LogP contribution in [0.25, 0.3) is 15.5 Å². The molecular weight excluding hydrogens is 324 g/mol. The van der Waals surface area contributed by atoms with Crippen LogP contribution < -0.4 is 0 Å². The summed E-state index contributed by atoms with van der Waals surface area (Å²) in [4.78, 5) is 2.06. The van der Waals surface area contributed by atoms with Crippen LogP contribution in [-0.4, -0.2) is 19.8 Å². The minimum Gasteiger partial charge on any atom is -0.186 e. The standard InChI is InChI=1S/C17H14N4S2/c1-12-6-5-7-13(10-12)16-20-21-15(18-19-17(21)23-16)11-22-14-8-3-2-4-9-14/h2-10H,11H2,1H3. The molecule has 0 unspecified atom stereocenters. The molecule has 2 aromatic heterocycles. The Morgan fingerprint density at radius 3 is 2.74 bits per heavy atom. The Labute approximate surface area is 142 Å². The third-order valence-corrected chi connectivity index (χ3v) is 5.39. The van der Waals surface area contributed by atoms with Crippen LogP contribution in [0.15, 0.2) is 59.5 Å². The highest BCUT2D eigenvalue weighted by Crippen LogP contribution is 2.27. The highest BCUT2D eigenvalue weighted by atomic mass is 32.2. The number of aromatic nitrogens is 4. The SMILES string of the molecule is Cc1cccc(-c2nn3c(CSc4ccccc4)nnc3s2)c1. The van der Waals surface area contributed by atoms with Gasteiger partial charge in [0.1, 0.15) is 5.01 Å². The minimum atomic E-state index is 0.752. The molecule has 0 aliphatic carbocycles. The molecule has 114 valence electrons. The lowest BCUT2D eigenvalue weighted by molar-refractivity contribution is 0.887. The summed E-state index contributed by atoms with van der Waals surface area (Å²) in [5, 5.41) is 14.2. The van der Waals surface area contributed by atoms with Gasteiger partial charge in [-0.3, -0.25) is 0 Å². The number of rotatable bonds is 4. The number of hydrogen-bond donors (Lipinski definition) is 0. The van der Waals surface area contributed by atoms with Crippen molar-refractivity contribution in [1.29, 1.82) is 0 Å². The van der Waals surface area contributed by atoms with E-state index >= 15 is 0 Å². The van der Waals surface area contributed by atoms with Crippen molar-refractivity contribution in [2.75, 3.05) is 0 Å². The molecule has 0 radical (unpaired) electrons. The molecule has 0 spiro atoms. The molecule has 2 heterocycles. The molecule has 0 N–H and O–H groups in total. The Morgan fingerprint density at radius 1 is 1.04 bits per heavy atom. The highest BCUT2D eigenvalue weighted by Gasteiger charge is 2.13. The summed E-state index contributed by atoms with van der Waals surface area (Å²) in [6.07, 6.45) is 0. The summed E-state index contributed by atoms with van der Waals surface area (Å²) >= 11 is 3.31. The van der Waals surface area contributed by atoms with Crippen molar-refractivity contribution < 1.29 is 0 Å².